The van der Waals surface area contributed by atoms with Gasteiger partial charge in [0.25, 0.3) is 11.5 Å². The number of H-pyrrole nitrogens is 1. The van der Waals surface area contributed by atoms with Crippen LogP contribution in [0.2, 0.25) is 0 Å². The molecule has 0 aliphatic heterocycles. The minimum atomic E-state index is -0.626. The van der Waals surface area contributed by atoms with E-state index in [1.807, 2.05) is 13.8 Å². The van der Waals surface area contributed by atoms with E-state index in [4.69, 9.17) is 4.74 Å². The third kappa shape index (κ3) is 4.52. The number of carbonyl (C=O) groups is 2. The standard InChI is InChI=1S/C18H17FN4O4S/c1-9-10(2)28-18-16(9)17(26)20-13(21-18)7-14(24)22-23-15(25)8-27-12-5-3-4-11(19)6-12/h3-6H,7-8H2,1-2H3,(H,22,24)(H,23,25)(H,20,21,26). The molecule has 146 valence electrons. The second-order valence-corrected chi connectivity index (χ2v) is 7.20. The van der Waals surface area contributed by atoms with E-state index in [0.29, 0.717) is 10.2 Å². The van der Waals surface area contributed by atoms with Crippen molar-refractivity contribution in [2.45, 2.75) is 20.3 Å². The molecule has 0 unspecified atom stereocenters. The molecule has 0 aliphatic carbocycles. The predicted molar refractivity (Wildman–Crippen MR) is 102 cm³/mol. The summed E-state index contributed by atoms with van der Waals surface area (Å²) < 4.78 is 18.1. The van der Waals surface area contributed by atoms with Gasteiger partial charge in [0.15, 0.2) is 6.61 Å². The number of nitrogens with one attached hydrogen (secondary N) is 3. The van der Waals surface area contributed by atoms with Crippen LogP contribution in [0.5, 0.6) is 5.75 Å². The molecule has 3 aromatic rings. The molecule has 10 heteroatoms. The van der Waals surface area contributed by atoms with E-state index in [2.05, 4.69) is 20.8 Å². The minimum Gasteiger partial charge on any atom is -0.484 e. The largest absolute Gasteiger partial charge is 0.484 e. The second-order valence-electron chi connectivity index (χ2n) is 6.00. The molecular weight excluding hydrogens is 387 g/mol. The van der Waals surface area contributed by atoms with E-state index in [9.17, 15) is 18.8 Å². The van der Waals surface area contributed by atoms with Gasteiger partial charge < -0.3 is 9.72 Å². The van der Waals surface area contributed by atoms with E-state index in [-0.39, 0.29) is 23.6 Å². The van der Waals surface area contributed by atoms with E-state index in [1.54, 1.807) is 0 Å². The molecule has 0 bridgehead atoms. The summed E-state index contributed by atoms with van der Waals surface area (Å²) in [5.74, 6) is -1.29. The quantitative estimate of drug-likeness (QED) is 0.558. The summed E-state index contributed by atoms with van der Waals surface area (Å²) in [5, 5.41) is 0.523. The fourth-order valence-electron chi connectivity index (χ4n) is 2.46. The third-order valence-electron chi connectivity index (χ3n) is 3.92. The zero-order valence-corrected chi connectivity index (χ0v) is 15.9. The topological polar surface area (TPSA) is 113 Å². The van der Waals surface area contributed by atoms with Gasteiger partial charge in [0.2, 0.25) is 5.91 Å². The first-order valence-corrected chi connectivity index (χ1v) is 9.10. The zero-order chi connectivity index (χ0) is 20.3. The van der Waals surface area contributed by atoms with Gasteiger partial charge in [-0.3, -0.25) is 25.2 Å². The van der Waals surface area contributed by atoms with Crippen LogP contribution in [0.4, 0.5) is 4.39 Å². The zero-order valence-electron chi connectivity index (χ0n) is 15.1. The van der Waals surface area contributed by atoms with Gasteiger partial charge in [-0.1, -0.05) is 6.07 Å². The first kappa shape index (κ1) is 19.5. The van der Waals surface area contributed by atoms with E-state index < -0.39 is 24.2 Å². The molecule has 0 aliphatic rings. The van der Waals surface area contributed by atoms with Gasteiger partial charge in [-0.2, -0.15) is 0 Å². The number of hydrogen-bond donors (Lipinski definition) is 3. The maximum Gasteiger partial charge on any atom is 0.276 e. The molecule has 0 fully saturated rings. The van der Waals surface area contributed by atoms with E-state index in [0.717, 1.165) is 16.5 Å². The molecule has 2 aromatic heterocycles. The molecule has 3 rings (SSSR count). The first-order valence-electron chi connectivity index (χ1n) is 8.28. The van der Waals surface area contributed by atoms with Crippen molar-refractivity contribution in [3.8, 4) is 5.75 Å². The molecule has 2 amide bonds. The Hall–Kier alpha value is -3.27. The number of nitrogens with zero attached hydrogens (tertiary/aromatic N) is 1. The van der Waals surface area contributed by atoms with Crippen LogP contribution in [0.15, 0.2) is 29.1 Å². The maximum atomic E-state index is 13.0. The number of carbonyl (C=O) groups excluding carboxylic acids is 2. The van der Waals surface area contributed by atoms with Crippen molar-refractivity contribution in [1.82, 2.24) is 20.8 Å². The number of aromatic amines is 1. The smallest absolute Gasteiger partial charge is 0.276 e. The van der Waals surface area contributed by atoms with Gasteiger partial charge in [0, 0.05) is 10.9 Å². The molecule has 0 saturated carbocycles. The number of halogens is 1. The Morgan fingerprint density at radius 3 is 2.75 bits per heavy atom. The lowest BCUT2D eigenvalue weighted by molar-refractivity contribution is -0.129. The van der Waals surface area contributed by atoms with Crippen LogP contribution in [-0.4, -0.2) is 28.4 Å². The fourth-order valence-corrected chi connectivity index (χ4v) is 3.51. The third-order valence-corrected chi connectivity index (χ3v) is 5.02. The molecule has 0 spiro atoms. The molecule has 8 nitrogen and oxygen atoms in total. The summed E-state index contributed by atoms with van der Waals surface area (Å²) in [6, 6.07) is 5.34. The molecule has 28 heavy (non-hydrogen) atoms. The summed E-state index contributed by atoms with van der Waals surface area (Å²) in [6.07, 6.45) is -0.216. The number of rotatable bonds is 5. The second kappa shape index (κ2) is 8.17. The fraction of sp³-hybridized carbons (Fsp3) is 0.222. The normalized spacial score (nSPS) is 10.7. The molecular formula is C18H17FN4O4S. The number of aromatic nitrogens is 2. The number of hydrogen-bond acceptors (Lipinski definition) is 6. The van der Waals surface area contributed by atoms with Crippen LogP contribution in [0.25, 0.3) is 10.2 Å². The number of fused-ring (bicyclic) bond motifs is 1. The molecule has 0 saturated heterocycles. The van der Waals surface area contributed by atoms with Crippen molar-refractivity contribution in [1.29, 1.82) is 0 Å². The van der Waals surface area contributed by atoms with Crippen LogP contribution in [-0.2, 0) is 16.0 Å². The number of aryl methyl sites for hydroxylation is 2. The van der Waals surface area contributed by atoms with Gasteiger partial charge in [-0.15, -0.1) is 11.3 Å². The maximum absolute atomic E-state index is 13.0. The van der Waals surface area contributed by atoms with E-state index >= 15 is 0 Å². The van der Waals surface area contributed by atoms with Gasteiger partial charge >= 0.3 is 0 Å². The molecule has 2 heterocycles. The number of thiophene rings is 1. The van der Waals surface area contributed by atoms with Crippen molar-refractivity contribution >= 4 is 33.4 Å². The van der Waals surface area contributed by atoms with Crippen LogP contribution >= 0.6 is 11.3 Å². The Bertz CT molecular complexity index is 1110. The van der Waals surface area contributed by atoms with Crippen LogP contribution in [0, 0.1) is 19.7 Å². The van der Waals surface area contributed by atoms with Crippen LogP contribution in [0.1, 0.15) is 16.3 Å². The monoisotopic (exact) mass is 404 g/mol. The predicted octanol–water partition coefficient (Wildman–Crippen LogP) is 1.51. The average molecular weight is 404 g/mol. The Kier molecular flexibility index (Phi) is 5.69. The van der Waals surface area contributed by atoms with Crippen molar-refractivity contribution in [2.75, 3.05) is 6.61 Å². The van der Waals surface area contributed by atoms with Crippen LogP contribution in [0.3, 0.4) is 0 Å². The molecule has 1 aromatic carbocycles. The van der Waals surface area contributed by atoms with Gasteiger partial charge in [-0.25, -0.2) is 9.37 Å². The van der Waals surface area contributed by atoms with Gasteiger partial charge in [-0.05, 0) is 31.5 Å². The highest BCUT2D eigenvalue weighted by atomic mass is 32.1. The summed E-state index contributed by atoms with van der Waals surface area (Å²) >= 11 is 1.38. The minimum absolute atomic E-state index is 0.193. The number of hydrazine groups is 1. The van der Waals surface area contributed by atoms with Crippen molar-refractivity contribution < 1.29 is 18.7 Å². The first-order chi connectivity index (χ1) is 13.3. The summed E-state index contributed by atoms with van der Waals surface area (Å²) in [7, 11) is 0. The SMILES string of the molecule is Cc1sc2nc(CC(=O)NNC(=O)COc3cccc(F)c3)[nH]c(=O)c2c1C. The van der Waals surface area contributed by atoms with Crippen molar-refractivity contribution in [3.63, 3.8) is 0 Å². The molecule has 3 N–H and O–H groups in total. The summed E-state index contributed by atoms with van der Waals surface area (Å²) in [5.41, 5.74) is 4.96. The Labute approximate surface area is 162 Å². The molecule has 0 radical (unpaired) electrons. The highest BCUT2D eigenvalue weighted by molar-refractivity contribution is 7.18. The van der Waals surface area contributed by atoms with Crippen molar-refractivity contribution in [3.05, 3.63) is 56.7 Å². The Balaban J connectivity index is 1.53. The number of benzene rings is 1. The Morgan fingerprint density at radius 2 is 2.00 bits per heavy atom. The highest BCUT2D eigenvalue weighted by Gasteiger charge is 2.14. The lowest BCUT2D eigenvalue weighted by atomic mass is 10.2. The highest BCUT2D eigenvalue weighted by Crippen LogP contribution is 2.25. The lowest BCUT2D eigenvalue weighted by Gasteiger charge is -2.08. The van der Waals surface area contributed by atoms with Gasteiger partial charge in [0.1, 0.15) is 22.2 Å². The summed E-state index contributed by atoms with van der Waals surface area (Å²) in [4.78, 5) is 44.3. The number of amides is 2. The summed E-state index contributed by atoms with van der Waals surface area (Å²) in [6.45, 7) is 3.34. The lowest BCUT2D eigenvalue weighted by Crippen LogP contribution is -2.44. The molecule has 0 atom stereocenters. The van der Waals surface area contributed by atoms with Gasteiger partial charge in [0.05, 0.1) is 11.8 Å². The van der Waals surface area contributed by atoms with E-state index in [1.165, 1.54) is 29.5 Å². The van der Waals surface area contributed by atoms with Crippen molar-refractivity contribution in [2.24, 2.45) is 0 Å². The average Bonchev–Trinajstić information content (AvgIpc) is 2.92. The number of ether oxygens (including phenoxy) is 1. The van der Waals surface area contributed by atoms with Crippen LogP contribution < -0.4 is 21.1 Å². The Morgan fingerprint density at radius 1 is 1.25 bits per heavy atom.